The lowest BCUT2D eigenvalue weighted by Crippen LogP contribution is -2.46. The SMILES string of the molecule is O=C(Nc1cccc(CCN2CCN(c3ccccc3)CC2)c1)Nc1ccccn1. The van der Waals surface area contributed by atoms with Gasteiger partial charge in [-0.1, -0.05) is 36.4 Å². The fourth-order valence-electron chi connectivity index (χ4n) is 3.68. The van der Waals surface area contributed by atoms with Crippen LogP contribution in [-0.2, 0) is 6.42 Å². The molecule has 30 heavy (non-hydrogen) atoms. The molecule has 1 aromatic heterocycles. The number of para-hydroxylation sites is 1. The number of urea groups is 1. The third kappa shape index (κ3) is 5.58. The molecular weight excluding hydrogens is 374 g/mol. The number of amides is 2. The van der Waals surface area contributed by atoms with Gasteiger partial charge in [0.25, 0.3) is 0 Å². The van der Waals surface area contributed by atoms with Crippen LogP contribution in [0.2, 0.25) is 0 Å². The molecule has 3 aromatic rings. The molecule has 1 saturated heterocycles. The summed E-state index contributed by atoms with van der Waals surface area (Å²) in [5.74, 6) is 0.529. The summed E-state index contributed by atoms with van der Waals surface area (Å²) in [4.78, 5) is 21.2. The van der Waals surface area contributed by atoms with Gasteiger partial charge in [-0.2, -0.15) is 0 Å². The van der Waals surface area contributed by atoms with Gasteiger partial charge in [-0.25, -0.2) is 9.78 Å². The summed E-state index contributed by atoms with van der Waals surface area (Å²) in [6.07, 6.45) is 2.61. The topological polar surface area (TPSA) is 60.5 Å². The van der Waals surface area contributed by atoms with Gasteiger partial charge in [0.1, 0.15) is 5.82 Å². The second-order valence-electron chi connectivity index (χ2n) is 7.41. The van der Waals surface area contributed by atoms with Crippen LogP contribution >= 0.6 is 0 Å². The summed E-state index contributed by atoms with van der Waals surface area (Å²) >= 11 is 0. The van der Waals surface area contributed by atoms with E-state index < -0.39 is 0 Å². The Kier molecular flexibility index (Phi) is 6.57. The first-order valence-electron chi connectivity index (χ1n) is 10.4. The van der Waals surface area contributed by atoms with Crippen molar-refractivity contribution in [3.63, 3.8) is 0 Å². The van der Waals surface area contributed by atoms with Crippen LogP contribution in [0.15, 0.2) is 79.0 Å². The van der Waals surface area contributed by atoms with Crippen molar-refractivity contribution < 1.29 is 4.79 Å². The number of carbonyl (C=O) groups is 1. The van der Waals surface area contributed by atoms with E-state index in [1.54, 1.807) is 12.3 Å². The molecule has 4 rings (SSSR count). The Hall–Kier alpha value is -3.38. The maximum absolute atomic E-state index is 12.2. The summed E-state index contributed by atoms with van der Waals surface area (Å²) in [7, 11) is 0. The van der Waals surface area contributed by atoms with E-state index in [1.165, 1.54) is 11.3 Å². The standard InChI is InChI=1S/C24H27N5O/c30-24(27-23-11-4-5-13-25-23)26-21-8-6-7-20(19-21)12-14-28-15-17-29(18-16-28)22-9-2-1-3-10-22/h1-11,13,19H,12,14-18H2,(H2,25,26,27,30). The maximum Gasteiger partial charge on any atom is 0.324 e. The summed E-state index contributed by atoms with van der Waals surface area (Å²) in [6.45, 7) is 5.27. The van der Waals surface area contributed by atoms with E-state index in [2.05, 4.69) is 61.8 Å². The lowest BCUT2D eigenvalue weighted by molar-refractivity contribution is 0.261. The van der Waals surface area contributed by atoms with Gasteiger partial charge in [0.05, 0.1) is 0 Å². The predicted octanol–water partition coefficient (Wildman–Crippen LogP) is 4.09. The Morgan fingerprint density at radius 1 is 0.867 bits per heavy atom. The van der Waals surface area contributed by atoms with Crippen molar-refractivity contribution in [2.45, 2.75) is 6.42 Å². The number of nitrogens with zero attached hydrogens (tertiary/aromatic N) is 3. The molecule has 0 unspecified atom stereocenters. The van der Waals surface area contributed by atoms with Gasteiger partial charge >= 0.3 is 6.03 Å². The lowest BCUT2D eigenvalue weighted by Gasteiger charge is -2.36. The molecule has 2 N–H and O–H groups in total. The van der Waals surface area contributed by atoms with Crippen molar-refractivity contribution in [2.24, 2.45) is 0 Å². The molecule has 2 heterocycles. The van der Waals surface area contributed by atoms with E-state index in [9.17, 15) is 4.79 Å². The number of nitrogens with one attached hydrogen (secondary N) is 2. The van der Waals surface area contributed by atoms with Crippen LogP contribution in [0.1, 0.15) is 5.56 Å². The van der Waals surface area contributed by atoms with E-state index in [4.69, 9.17) is 0 Å². The number of anilines is 3. The minimum atomic E-state index is -0.289. The molecule has 1 aliphatic heterocycles. The number of pyridine rings is 1. The van der Waals surface area contributed by atoms with Crippen molar-refractivity contribution in [2.75, 3.05) is 48.3 Å². The average molecular weight is 402 g/mol. The van der Waals surface area contributed by atoms with Gasteiger partial charge in [0.15, 0.2) is 0 Å². The highest BCUT2D eigenvalue weighted by molar-refractivity contribution is 5.99. The van der Waals surface area contributed by atoms with Crippen LogP contribution in [0.25, 0.3) is 0 Å². The number of hydrogen-bond acceptors (Lipinski definition) is 4. The summed E-state index contributed by atoms with van der Waals surface area (Å²) < 4.78 is 0. The highest BCUT2D eigenvalue weighted by Gasteiger charge is 2.16. The van der Waals surface area contributed by atoms with E-state index >= 15 is 0 Å². The highest BCUT2D eigenvalue weighted by atomic mass is 16.2. The molecule has 2 amide bonds. The second-order valence-corrected chi connectivity index (χ2v) is 7.41. The fraction of sp³-hybridized carbons (Fsp3) is 0.250. The van der Waals surface area contributed by atoms with Crippen LogP contribution < -0.4 is 15.5 Å². The molecule has 0 aliphatic carbocycles. The highest BCUT2D eigenvalue weighted by Crippen LogP contribution is 2.17. The smallest absolute Gasteiger partial charge is 0.324 e. The van der Waals surface area contributed by atoms with Crippen LogP contribution in [0.4, 0.5) is 22.0 Å². The van der Waals surface area contributed by atoms with E-state index in [-0.39, 0.29) is 6.03 Å². The maximum atomic E-state index is 12.2. The number of hydrogen-bond donors (Lipinski definition) is 2. The molecule has 0 bridgehead atoms. The lowest BCUT2D eigenvalue weighted by atomic mass is 10.1. The molecule has 0 radical (unpaired) electrons. The van der Waals surface area contributed by atoms with Crippen molar-refractivity contribution in [1.82, 2.24) is 9.88 Å². The van der Waals surface area contributed by atoms with Gasteiger partial charge in [-0.15, -0.1) is 0 Å². The van der Waals surface area contributed by atoms with Gasteiger partial charge in [-0.3, -0.25) is 10.2 Å². The molecule has 2 aromatic carbocycles. The second kappa shape index (κ2) is 9.89. The molecule has 0 spiro atoms. The third-order valence-corrected chi connectivity index (χ3v) is 5.30. The van der Waals surface area contributed by atoms with E-state index in [0.717, 1.165) is 44.8 Å². The Balaban J connectivity index is 1.24. The largest absolute Gasteiger partial charge is 0.369 e. The van der Waals surface area contributed by atoms with Gasteiger partial charge in [0, 0.05) is 50.3 Å². The van der Waals surface area contributed by atoms with Gasteiger partial charge in [-0.05, 0) is 48.4 Å². The molecule has 1 aliphatic rings. The third-order valence-electron chi connectivity index (χ3n) is 5.30. The van der Waals surface area contributed by atoms with Crippen molar-refractivity contribution >= 4 is 23.2 Å². The number of benzene rings is 2. The predicted molar refractivity (Wildman–Crippen MR) is 122 cm³/mol. The molecule has 0 atom stereocenters. The zero-order valence-electron chi connectivity index (χ0n) is 17.0. The zero-order valence-corrected chi connectivity index (χ0v) is 17.0. The summed E-state index contributed by atoms with van der Waals surface area (Å²) in [5.41, 5.74) is 3.31. The van der Waals surface area contributed by atoms with E-state index in [1.807, 2.05) is 30.3 Å². The monoisotopic (exact) mass is 401 g/mol. The zero-order chi connectivity index (χ0) is 20.6. The van der Waals surface area contributed by atoms with Crippen molar-refractivity contribution in [1.29, 1.82) is 0 Å². The normalized spacial score (nSPS) is 14.3. The average Bonchev–Trinajstić information content (AvgIpc) is 2.79. The first-order chi connectivity index (χ1) is 14.8. The van der Waals surface area contributed by atoms with Crippen LogP contribution in [-0.4, -0.2) is 48.6 Å². The molecule has 6 heteroatoms. The van der Waals surface area contributed by atoms with Crippen LogP contribution in [0.3, 0.4) is 0 Å². The first kappa shape index (κ1) is 19.9. The molecule has 0 saturated carbocycles. The summed E-state index contributed by atoms with van der Waals surface area (Å²) in [6, 6.07) is 23.8. The Morgan fingerprint density at radius 3 is 2.43 bits per heavy atom. The minimum Gasteiger partial charge on any atom is -0.369 e. The van der Waals surface area contributed by atoms with Crippen LogP contribution in [0.5, 0.6) is 0 Å². The van der Waals surface area contributed by atoms with Crippen molar-refractivity contribution in [3.8, 4) is 0 Å². The number of rotatable bonds is 6. The quantitative estimate of drug-likeness (QED) is 0.653. The van der Waals surface area contributed by atoms with Gasteiger partial charge < -0.3 is 10.2 Å². The number of carbonyl (C=O) groups excluding carboxylic acids is 1. The first-order valence-corrected chi connectivity index (χ1v) is 10.4. The summed E-state index contributed by atoms with van der Waals surface area (Å²) in [5, 5.41) is 5.62. The number of piperazine rings is 1. The fourth-order valence-corrected chi connectivity index (χ4v) is 3.68. The Morgan fingerprint density at radius 2 is 1.67 bits per heavy atom. The van der Waals surface area contributed by atoms with Crippen molar-refractivity contribution in [3.05, 3.63) is 84.6 Å². The molecule has 6 nitrogen and oxygen atoms in total. The molecule has 1 fully saturated rings. The number of aromatic nitrogens is 1. The molecule has 154 valence electrons. The minimum absolute atomic E-state index is 0.289. The Bertz CT molecular complexity index is 940. The Labute approximate surface area is 177 Å². The molecular formula is C24H27N5O. The van der Waals surface area contributed by atoms with Crippen LogP contribution in [0, 0.1) is 0 Å². The van der Waals surface area contributed by atoms with E-state index in [0.29, 0.717) is 5.82 Å². The van der Waals surface area contributed by atoms with Gasteiger partial charge in [0.2, 0.25) is 0 Å².